The lowest BCUT2D eigenvalue weighted by atomic mass is 9.81. The maximum Gasteiger partial charge on any atom is 0.355 e. The fourth-order valence-corrected chi connectivity index (χ4v) is 4.77. The van der Waals surface area contributed by atoms with E-state index in [4.69, 9.17) is 9.47 Å². The molecule has 29 heavy (non-hydrogen) atoms. The first-order valence-corrected chi connectivity index (χ1v) is 10.6. The van der Waals surface area contributed by atoms with Crippen LogP contribution in [0.4, 0.5) is 0 Å². The lowest BCUT2D eigenvalue weighted by molar-refractivity contribution is 0.0403. The lowest BCUT2D eigenvalue weighted by Crippen LogP contribution is -2.18. The number of Topliss-reactive ketones (excluding diaryl/α,β-unsaturated/α-hetero) is 1. The number of rotatable bonds is 5. The van der Waals surface area contributed by atoms with Gasteiger partial charge in [0.25, 0.3) is 0 Å². The van der Waals surface area contributed by atoms with Crippen molar-refractivity contribution in [3.05, 3.63) is 52.3 Å². The number of ether oxygens (including phenoxy) is 2. The molecule has 1 aromatic carbocycles. The number of aromatic amines is 1. The summed E-state index contributed by atoms with van der Waals surface area (Å²) in [7, 11) is 1.64. The summed E-state index contributed by atoms with van der Waals surface area (Å²) in [6, 6.07) is 7.86. The van der Waals surface area contributed by atoms with Crippen molar-refractivity contribution < 1.29 is 19.1 Å². The van der Waals surface area contributed by atoms with E-state index in [1.165, 1.54) is 19.3 Å². The highest BCUT2D eigenvalue weighted by atomic mass is 16.5. The average molecular weight is 395 g/mol. The van der Waals surface area contributed by atoms with Gasteiger partial charge in [0.2, 0.25) is 0 Å². The normalized spacial score (nSPS) is 19.7. The maximum atomic E-state index is 12.9. The first-order valence-electron chi connectivity index (χ1n) is 10.6. The minimum atomic E-state index is -0.337. The van der Waals surface area contributed by atoms with Crippen LogP contribution in [0.5, 0.6) is 5.75 Å². The number of nitrogens with one attached hydrogen (secondary N) is 1. The van der Waals surface area contributed by atoms with Crippen molar-refractivity contribution in [1.29, 1.82) is 0 Å². The second kappa shape index (κ2) is 8.44. The van der Waals surface area contributed by atoms with E-state index >= 15 is 0 Å². The van der Waals surface area contributed by atoms with Crippen LogP contribution in [0.25, 0.3) is 0 Å². The number of carbonyl (C=O) groups is 2. The number of carbonyl (C=O) groups excluding carboxylic acids is 2. The summed E-state index contributed by atoms with van der Waals surface area (Å²) >= 11 is 0. The van der Waals surface area contributed by atoms with E-state index < -0.39 is 0 Å². The number of benzene rings is 1. The van der Waals surface area contributed by atoms with Crippen LogP contribution in [-0.2, 0) is 11.2 Å². The van der Waals surface area contributed by atoms with Crippen LogP contribution in [0, 0.1) is 12.8 Å². The SMILES string of the molecule is COc1ccc([C@@H]2CC(=O)c3c([nH]c(C(=O)OCC4CCCCC4)c3C)C2)cc1. The van der Waals surface area contributed by atoms with Crippen LogP contribution in [0.2, 0.25) is 0 Å². The van der Waals surface area contributed by atoms with Crippen LogP contribution in [0.3, 0.4) is 0 Å². The summed E-state index contributed by atoms with van der Waals surface area (Å²) in [5.41, 5.74) is 3.81. The van der Waals surface area contributed by atoms with Gasteiger partial charge in [-0.3, -0.25) is 4.79 Å². The van der Waals surface area contributed by atoms with Crippen LogP contribution in [-0.4, -0.2) is 30.5 Å². The van der Waals surface area contributed by atoms with Gasteiger partial charge >= 0.3 is 5.97 Å². The van der Waals surface area contributed by atoms with E-state index in [1.54, 1.807) is 7.11 Å². The van der Waals surface area contributed by atoms with Crippen LogP contribution in [0.1, 0.15) is 82.1 Å². The molecular formula is C24H29NO4. The Morgan fingerprint density at radius 2 is 1.83 bits per heavy atom. The summed E-state index contributed by atoms with van der Waals surface area (Å²) in [6.07, 6.45) is 7.16. The van der Waals surface area contributed by atoms with Gasteiger partial charge in [-0.1, -0.05) is 31.4 Å². The minimum absolute atomic E-state index is 0.0900. The number of hydrogen-bond acceptors (Lipinski definition) is 4. The fourth-order valence-electron chi connectivity index (χ4n) is 4.77. The van der Waals surface area contributed by atoms with Crippen molar-refractivity contribution in [2.75, 3.05) is 13.7 Å². The Hall–Kier alpha value is -2.56. The molecule has 0 aliphatic heterocycles. The number of fused-ring (bicyclic) bond motifs is 1. The Balaban J connectivity index is 1.49. The first kappa shape index (κ1) is 19.7. The van der Waals surface area contributed by atoms with Gasteiger partial charge in [0.05, 0.1) is 13.7 Å². The molecule has 0 unspecified atom stereocenters. The highest BCUT2D eigenvalue weighted by Crippen LogP contribution is 2.35. The molecule has 0 bridgehead atoms. The molecule has 1 aromatic heterocycles. The monoisotopic (exact) mass is 395 g/mol. The van der Waals surface area contributed by atoms with Gasteiger partial charge in [-0.15, -0.1) is 0 Å². The number of esters is 1. The predicted molar refractivity (Wildman–Crippen MR) is 111 cm³/mol. The van der Waals surface area contributed by atoms with E-state index in [9.17, 15) is 9.59 Å². The molecule has 1 fully saturated rings. The third kappa shape index (κ3) is 4.09. The van der Waals surface area contributed by atoms with E-state index in [-0.39, 0.29) is 17.7 Å². The van der Waals surface area contributed by atoms with Crippen molar-refractivity contribution in [1.82, 2.24) is 4.98 Å². The molecule has 1 N–H and O–H groups in total. The van der Waals surface area contributed by atoms with Crippen LogP contribution >= 0.6 is 0 Å². The molecule has 154 valence electrons. The maximum absolute atomic E-state index is 12.9. The van der Waals surface area contributed by atoms with Gasteiger partial charge in [0.15, 0.2) is 5.78 Å². The molecule has 1 heterocycles. The molecule has 0 radical (unpaired) electrons. The Morgan fingerprint density at radius 3 is 2.52 bits per heavy atom. The molecule has 5 nitrogen and oxygen atoms in total. The number of hydrogen-bond donors (Lipinski definition) is 1. The zero-order valence-electron chi connectivity index (χ0n) is 17.3. The zero-order chi connectivity index (χ0) is 20.4. The number of aromatic nitrogens is 1. The molecule has 2 aliphatic rings. The third-order valence-corrected chi connectivity index (χ3v) is 6.46. The molecule has 0 spiro atoms. The largest absolute Gasteiger partial charge is 0.497 e. The van der Waals surface area contributed by atoms with Gasteiger partial charge in [-0.2, -0.15) is 0 Å². The van der Waals surface area contributed by atoms with Crippen molar-refractivity contribution >= 4 is 11.8 Å². The van der Waals surface area contributed by atoms with E-state index in [1.807, 2.05) is 31.2 Å². The highest BCUT2D eigenvalue weighted by Gasteiger charge is 2.32. The molecular weight excluding hydrogens is 366 g/mol. The van der Waals surface area contributed by atoms with E-state index in [0.717, 1.165) is 35.4 Å². The summed E-state index contributed by atoms with van der Waals surface area (Å²) < 4.78 is 10.8. The third-order valence-electron chi connectivity index (χ3n) is 6.46. The van der Waals surface area contributed by atoms with Crippen molar-refractivity contribution in [3.8, 4) is 5.75 Å². The van der Waals surface area contributed by atoms with Crippen LogP contribution < -0.4 is 4.74 Å². The topological polar surface area (TPSA) is 68.4 Å². The standard InChI is InChI=1S/C24H29NO4/c1-15-22-20(25-23(15)24(27)29-14-16-6-4-3-5-7-16)12-18(13-21(22)26)17-8-10-19(28-2)11-9-17/h8-11,16,18,25H,3-7,12-14H2,1-2H3/t18-/m0/s1. The van der Waals surface area contributed by atoms with Crippen molar-refractivity contribution in [2.24, 2.45) is 5.92 Å². The highest BCUT2D eigenvalue weighted by molar-refractivity contribution is 6.03. The Kier molecular flexibility index (Phi) is 5.74. The van der Waals surface area contributed by atoms with E-state index in [2.05, 4.69) is 4.98 Å². The fraction of sp³-hybridized carbons (Fsp3) is 0.500. The zero-order valence-corrected chi connectivity index (χ0v) is 17.3. The molecule has 0 saturated heterocycles. The Bertz CT molecular complexity index is 890. The van der Waals surface area contributed by atoms with Gasteiger partial charge in [-0.05, 0) is 61.3 Å². The number of ketones is 1. The Labute approximate surface area is 171 Å². The smallest absolute Gasteiger partial charge is 0.355 e. The molecule has 1 saturated carbocycles. The molecule has 5 heteroatoms. The number of H-pyrrole nitrogens is 1. The molecule has 2 aromatic rings. The summed E-state index contributed by atoms with van der Waals surface area (Å²) in [5.74, 6) is 1.13. The van der Waals surface area contributed by atoms with Crippen LogP contribution in [0.15, 0.2) is 24.3 Å². The second-order valence-corrected chi connectivity index (χ2v) is 8.38. The first-order chi connectivity index (χ1) is 14.1. The molecule has 4 rings (SSSR count). The minimum Gasteiger partial charge on any atom is -0.497 e. The number of methoxy groups -OCH3 is 1. The summed E-state index contributed by atoms with van der Waals surface area (Å²) in [5, 5.41) is 0. The quantitative estimate of drug-likeness (QED) is 0.725. The Morgan fingerprint density at radius 1 is 1.10 bits per heavy atom. The van der Waals surface area contributed by atoms with E-state index in [0.29, 0.717) is 36.6 Å². The molecule has 1 atom stereocenters. The molecule has 2 aliphatic carbocycles. The molecule has 0 amide bonds. The summed E-state index contributed by atoms with van der Waals surface area (Å²) in [4.78, 5) is 28.8. The van der Waals surface area contributed by atoms with Gasteiger partial charge in [0, 0.05) is 17.7 Å². The van der Waals surface area contributed by atoms with Crippen molar-refractivity contribution in [3.63, 3.8) is 0 Å². The van der Waals surface area contributed by atoms with Gasteiger partial charge < -0.3 is 14.5 Å². The summed E-state index contributed by atoms with van der Waals surface area (Å²) in [6.45, 7) is 2.32. The van der Waals surface area contributed by atoms with Gasteiger partial charge in [0.1, 0.15) is 11.4 Å². The lowest BCUT2D eigenvalue weighted by Gasteiger charge is -2.22. The predicted octanol–water partition coefficient (Wildman–Crippen LogP) is 4.98. The second-order valence-electron chi connectivity index (χ2n) is 8.38. The average Bonchev–Trinajstić information content (AvgIpc) is 3.10. The van der Waals surface area contributed by atoms with Gasteiger partial charge in [-0.25, -0.2) is 4.79 Å². The van der Waals surface area contributed by atoms with Crippen molar-refractivity contribution in [2.45, 2.75) is 57.8 Å².